The van der Waals surface area contributed by atoms with E-state index in [2.05, 4.69) is 17.3 Å². The molecule has 0 unspecified atom stereocenters. The summed E-state index contributed by atoms with van der Waals surface area (Å²) in [5.41, 5.74) is 0.305. The van der Waals surface area contributed by atoms with Crippen molar-refractivity contribution in [2.24, 2.45) is 0 Å². The summed E-state index contributed by atoms with van der Waals surface area (Å²) in [6, 6.07) is 0. The van der Waals surface area contributed by atoms with E-state index >= 15 is 0 Å². The molecule has 1 N–H and O–H groups in total. The van der Waals surface area contributed by atoms with Gasteiger partial charge in [-0.3, -0.25) is 9.59 Å². The lowest BCUT2D eigenvalue weighted by atomic mass is 10.2. The van der Waals surface area contributed by atoms with Gasteiger partial charge in [0.1, 0.15) is 5.57 Å². The maximum Gasteiger partial charge on any atom is 0.256 e. The lowest BCUT2D eigenvalue weighted by molar-refractivity contribution is -0.117. The van der Waals surface area contributed by atoms with Gasteiger partial charge in [0.25, 0.3) is 5.91 Å². The van der Waals surface area contributed by atoms with Gasteiger partial charge in [0.05, 0.1) is 6.54 Å². The topological polar surface area (TPSA) is 52.6 Å². The summed E-state index contributed by atoms with van der Waals surface area (Å²) in [6.07, 6.45) is 1.71. The van der Waals surface area contributed by atoms with E-state index in [-0.39, 0.29) is 18.2 Å². The lowest BCUT2D eigenvalue weighted by Crippen LogP contribution is -2.42. The van der Waals surface area contributed by atoms with Gasteiger partial charge in [0.2, 0.25) is 0 Å². The van der Waals surface area contributed by atoms with Gasteiger partial charge in [-0.2, -0.15) is 0 Å². The van der Waals surface area contributed by atoms with Crippen LogP contribution in [0.2, 0.25) is 0 Å². The molecule has 0 aromatic rings. The molecule has 0 aliphatic carbocycles. The quantitative estimate of drug-likeness (QED) is 0.436. The third-order valence-electron chi connectivity index (χ3n) is 2.80. The zero-order valence-electron chi connectivity index (χ0n) is 8.82. The van der Waals surface area contributed by atoms with Gasteiger partial charge in [-0.1, -0.05) is 0 Å². The Morgan fingerprint density at radius 3 is 2.40 bits per heavy atom. The van der Waals surface area contributed by atoms with Crippen molar-refractivity contribution < 1.29 is 9.59 Å². The number of nitrogens with one attached hydrogen (secondary N) is 1. The summed E-state index contributed by atoms with van der Waals surface area (Å²) in [6.45, 7) is 3.85. The van der Waals surface area contributed by atoms with Crippen molar-refractivity contribution >= 4 is 11.7 Å². The summed E-state index contributed by atoms with van der Waals surface area (Å²) < 4.78 is 0. The molecule has 2 aliphatic rings. The second-order valence-electron chi connectivity index (χ2n) is 3.99. The number of likely N-dealkylation sites (N-methyl/N-ethyl adjacent to an activating group) is 1. The molecule has 0 aromatic heterocycles. The van der Waals surface area contributed by atoms with Gasteiger partial charge in [-0.05, 0) is 7.05 Å². The summed E-state index contributed by atoms with van der Waals surface area (Å²) in [5, 5.41) is 2.52. The Bertz CT molecular complexity index is 299. The van der Waals surface area contributed by atoms with Crippen LogP contribution >= 0.6 is 0 Å². The van der Waals surface area contributed by atoms with Gasteiger partial charge >= 0.3 is 0 Å². The van der Waals surface area contributed by atoms with Crippen molar-refractivity contribution in [3.8, 4) is 0 Å². The number of hydrogen-bond donors (Lipinski definition) is 1. The van der Waals surface area contributed by atoms with Crippen LogP contribution in [0.5, 0.6) is 0 Å². The molecule has 0 saturated carbocycles. The number of carbonyl (C=O) groups is 2. The molecule has 2 heterocycles. The predicted molar refractivity (Wildman–Crippen MR) is 55.2 cm³/mol. The molecule has 1 amide bonds. The van der Waals surface area contributed by atoms with Crippen LogP contribution in [0.4, 0.5) is 0 Å². The molecule has 2 rings (SSSR count). The third-order valence-corrected chi connectivity index (χ3v) is 2.80. The smallest absolute Gasteiger partial charge is 0.256 e. The highest BCUT2D eigenvalue weighted by Crippen LogP contribution is 2.08. The van der Waals surface area contributed by atoms with Crippen molar-refractivity contribution in [3.05, 3.63) is 11.8 Å². The third kappa shape index (κ3) is 2.18. The second-order valence-corrected chi connectivity index (χ2v) is 3.99. The highest BCUT2D eigenvalue weighted by atomic mass is 16.2. The van der Waals surface area contributed by atoms with Crippen LogP contribution in [0.3, 0.4) is 0 Å². The van der Waals surface area contributed by atoms with Crippen LogP contribution in [0, 0.1) is 0 Å². The van der Waals surface area contributed by atoms with Crippen LogP contribution in [-0.2, 0) is 9.59 Å². The first kappa shape index (κ1) is 10.2. The number of piperazine rings is 1. The summed E-state index contributed by atoms with van der Waals surface area (Å²) in [4.78, 5) is 26.9. The van der Waals surface area contributed by atoms with Crippen molar-refractivity contribution in [1.82, 2.24) is 15.1 Å². The molecule has 0 bridgehead atoms. The molecule has 2 saturated heterocycles. The molecule has 2 aliphatic heterocycles. The zero-order chi connectivity index (χ0) is 10.8. The average molecular weight is 209 g/mol. The van der Waals surface area contributed by atoms with E-state index in [1.54, 1.807) is 6.20 Å². The molecule has 0 spiro atoms. The number of ketones is 1. The van der Waals surface area contributed by atoms with Crippen LogP contribution in [-0.4, -0.2) is 61.3 Å². The molecular formula is C10H15N3O2. The average Bonchev–Trinajstić information content (AvgIpc) is 2.53. The minimum atomic E-state index is -0.237. The van der Waals surface area contributed by atoms with E-state index in [4.69, 9.17) is 0 Å². The fraction of sp³-hybridized carbons (Fsp3) is 0.600. The molecule has 82 valence electrons. The molecule has 15 heavy (non-hydrogen) atoms. The Kier molecular flexibility index (Phi) is 2.73. The number of nitrogens with zero attached hydrogens (tertiary/aromatic N) is 2. The fourth-order valence-corrected chi connectivity index (χ4v) is 1.74. The minimum absolute atomic E-state index is 0.0982. The highest BCUT2D eigenvalue weighted by Gasteiger charge is 2.26. The summed E-state index contributed by atoms with van der Waals surface area (Å²) in [5.74, 6) is -0.335. The molecular weight excluding hydrogens is 194 g/mol. The zero-order valence-corrected chi connectivity index (χ0v) is 8.82. The van der Waals surface area contributed by atoms with Crippen molar-refractivity contribution in [3.63, 3.8) is 0 Å². The second kappa shape index (κ2) is 4.02. The lowest BCUT2D eigenvalue weighted by Gasteiger charge is -2.31. The van der Waals surface area contributed by atoms with E-state index in [0.29, 0.717) is 5.57 Å². The van der Waals surface area contributed by atoms with Crippen LogP contribution in [0.15, 0.2) is 11.8 Å². The number of amides is 1. The Balaban J connectivity index is 2.03. The van der Waals surface area contributed by atoms with Crippen molar-refractivity contribution in [2.75, 3.05) is 39.8 Å². The first-order chi connectivity index (χ1) is 7.16. The van der Waals surface area contributed by atoms with Crippen LogP contribution in [0.1, 0.15) is 0 Å². The van der Waals surface area contributed by atoms with E-state index in [0.717, 1.165) is 26.2 Å². The predicted octanol–water partition coefficient (Wildman–Crippen LogP) is -1.18. The van der Waals surface area contributed by atoms with Gasteiger partial charge in [-0.15, -0.1) is 0 Å². The first-order valence-corrected chi connectivity index (χ1v) is 5.12. The number of hydrogen-bond acceptors (Lipinski definition) is 4. The van der Waals surface area contributed by atoms with Crippen molar-refractivity contribution in [1.29, 1.82) is 0 Å². The van der Waals surface area contributed by atoms with Gasteiger partial charge in [-0.25, -0.2) is 0 Å². The maximum atomic E-state index is 11.3. The fourth-order valence-electron chi connectivity index (χ4n) is 1.74. The number of Topliss-reactive ketones (excluding diaryl/α,β-unsaturated/α-hetero) is 1. The largest absolute Gasteiger partial charge is 0.374 e. The minimum Gasteiger partial charge on any atom is -0.374 e. The van der Waals surface area contributed by atoms with Gasteiger partial charge in [0.15, 0.2) is 5.78 Å². The molecule has 0 atom stereocenters. The van der Waals surface area contributed by atoms with Crippen LogP contribution in [0.25, 0.3) is 0 Å². The SMILES string of the molecule is CN1CCN(/C=C2\C(=O)CNC2=O)CC1. The van der Waals surface area contributed by atoms with E-state index in [1.165, 1.54) is 0 Å². The monoisotopic (exact) mass is 209 g/mol. The van der Waals surface area contributed by atoms with Gasteiger partial charge in [0, 0.05) is 32.4 Å². The molecule has 5 nitrogen and oxygen atoms in total. The van der Waals surface area contributed by atoms with E-state index < -0.39 is 0 Å². The Morgan fingerprint density at radius 1 is 1.20 bits per heavy atom. The summed E-state index contributed by atoms with van der Waals surface area (Å²) in [7, 11) is 2.07. The molecule has 5 heteroatoms. The van der Waals surface area contributed by atoms with Crippen molar-refractivity contribution in [2.45, 2.75) is 0 Å². The van der Waals surface area contributed by atoms with Gasteiger partial charge < -0.3 is 15.1 Å². The molecule has 0 aromatic carbocycles. The van der Waals surface area contributed by atoms with E-state index in [1.807, 2.05) is 4.90 Å². The Morgan fingerprint density at radius 2 is 1.87 bits per heavy atom. The normalized spacial score (nSPS) is 26.2. The summed E-state index contributed by atoms with van der Waals surface area (Å²) >= 11 is 0. The standard InChI is InChI=1S/C10H15N3O2/c1-12-2-4-13(5-3-12)7-8-9(14)6-11-10(8)15/h7H,2-6H2,1H3,(H,11,15)/b8-7+. The van der Waals surface area contributed by atoms with E-state index in [9.17, 15) is 9.59 Å². The number of carbonyl (C=O) groups excluding carboxylic acids is 2. The van der Waals surface area contributed by atoms with Crippen LogP contribution < -0.4 is 5.32 Å². The molecule has 0 radical (unpaired) electrons. The Labute approximate surface area is 88.7 Å². The maximum absolute atomic E-state index is 11.3. The Hall–Kier alpha value is -1.36. The molecule has 2 fully saturated rings. The highest BCUT2D eigenvalue weighted by molar-refractivity contribution is 6.24. The number of rotatable bonds is 1. The first-order valence-electron chi connectivity index (χ1n) is 5.12.